The number of nitrogens with zero attached hydrogens (tertiary/aromatic N) is 1. The number of hydrogen-bond acceptors (Lipinski definition) is 6. The summed E-state index contributed by atoms with van der Waals surface area (Å²) in [6.07, 6.45) is 0.942. The second-order valence-electron chi connectivity index (χ2n) is 5.99. The van der Waals surface area contributed by atoms with Gasteiger partial charge in [-0.2, -0.15) is 0 Å². The molecule has 0 aromatic heterocycles. The summed E-state index contributed by atoms with van der Waals surface area (Å²) in [6.45, 7) is 5.21. The van der Waals surface area contributed by atoms with E-state index in [1.165, 1.54) is 21.3 Å². The number of carbonyl (C=O) groups excluding carboxylic acids is 2. The lowest BCUT2D eigenvalue weighted by atomic mass is 10.1. The van der Waals surface area contributed by atoms with Crippen molar-refractivity contribution < 1.29 is 28.5 Å². The first-order chi connectivity index (χ1) is 12.4. The zero-order valence-electron chi connectivity index (χ0n) is 16.2. The van der Waals surface area contributed by atoms with Crippen LogP contribution in [0, 0.1) is 0 Å². The van der Waals surface area contributed by atoms with Crippen molar-refractivity contribution in [3.63, 3.8) is 0 Å². The summed E-state index contributed by atoms with van der Waals surface area (Å²) in [7, 11) is 4.39. The minimum Gasteiger partial charge on any atom is -0.497 e. The average molecular weight is 367 g/mol. The van der Waals surface area contributed by atoms with Gasteiger partial charge in [0.05, 0.1) is 33.9 Å². The first-order valence-corrected chi connectivity index (χ1v) is 8.62. The monoisotopic (exact) mass is 367 g/mol. The van der Waals surface area contributed by atoms with Gasteiger partial charge in [-0.05, 0) is 32.4 Å². The Morgan fingerprint density at radius 3 is 2.12 bits per heavy atom. The zero-order valence-corrected chi connectivity index (χ0v) is 16.2. The Bertz CT molecular complexity index is 565. The Morgan fingerprint density at radius 2 is 1.62 bits per heavy atom. The number of benzene rings is 1. The van der Waals surface area contributed by atoms with E-state index in [4.69, 9.17) is 14.2 Å². The highest BCUT2D eigenvalue weighted by atomic mass is 16.5. The quantitative estimate of drug-likeness (QED) is 0.442. The maximum Gasteiger partial charge on any atom is 0.307 e. The van der Waals surface area contributed by atoms with Crippen LogP contribution in [-0.4, -0.2) is 63.9 Å². The van der Waals surface area contributed by atoms with Crippen LogP contribution in [0.5, 0.6) is 11.5 Å². The Balaban J connectivity index is 2.88. The molecule has 0 bridgehead atoms. The molecule has 0 unspecified atom stereocenters. The molecule has 0 aliphatic rings. The van der Waals surface area contributed by atoms with Crippen LogP contribution in [0.25, 0.3) is 0 Å². The summed E-state index contributed by atoms with van der Waals surface area (Å²) in [6, 6.07) is 5.01. The van der Waals surface area contributed by atoms with Crippen LogP contribution in [0.15, 0.2) is 18.2 Å². The highest BCUT2D eigenvalue weighted by molar-refractivity contribution is 5.95. The zero-order chi connectivity index (χ0) is 19.5. The highest BCUT2D eigenvalue weighted by Crippen LogP contribution is 2.23. The molecule has 0 saturated heterocycles. The molecule has 1 rings (SSSR count). The normalized spacial score (nSPS) is 10.5. The molecule has 0 radical (unpaired) electrons. The molecule has 0 saturated carbocycles. The molecule has 0 aliphatic heterocycles. The third-order valence-electron chi connectivity index (χ3n) is 3.72. The Labute approximate surface area is 155 Å². The van der Waals surface area contributed by atoms with Gasteiger partial charge >= 0.3 is 5.97 Å². The maximum absolute atomic E-state index is 12.9. The minimum absolute atomic E-state index is 0.133. The van der Waals surface area contributed by atoms with Crippen molar-refractivity contribution in [2.24, 2.45) is 0 Å². The van der Waals surface area contributed by atoms with Crippen molar-refractivity contribution >= 4 is 11.9 Å². The van der Waals surface area contributed by atoms with Gasteiger partial charge in [0.2, 0.25) is 0 Å². The molecule has 7 nitrogen and oxygen atoms in total. The maximum atomic E-state index is 12.9. The van der Waals surface area contributed by atoms with Crippen LogP contribution >= 0.6 is 0 Å². The van der Waals surface area contributed by atoms with Gasteiger partial charge in [0.1, 0.15) is 11.5 Å². The standard InChI is InChI=1S/C19H29NO6/c1-14(2)26-10-6-8-20(9-7-18(21)25-5)19(22)15-11-16(23-3)13-17(12-15)24-4/h11-14H,6-10H2,1-5H3. The second kappa shape index (κ2) is 11.4. The highest BCUT2D eigenvalue weighted by Gasteiger charge is 2.19. The van der Waals surface area contributed by atoms with Gasteiger partial charge in [0.15, 0.2) is 0 Å². The van der Waals surface area contributed by atoms with Crippen LogP contribution in [0.2, 0.25) is 0 Å². The number of carbonyl (C=O) groups is 2. The summed E-state index contributed by atoms with van der Waals surface area (Å²) < 4.78 is 20.6. The van der Waals surface area contributed by atoms with Crippen LogP contribution in [0.4, 0.5) is 0 Å². The van der Waals surface area contributed by atoms with E-state index in [1.807, 2.05) is 13.8 Å². The molecule has 0 atom stereocenters. The molecule has 1 amide bonds. The van der Waals surface area contributed by atoms with Gasteiger partial charge in [0.25, 0.3) is 5.91 Å². The van der Waals surface area contributed by atoms with Crippen molar-refractivity contribution in [2.45, 2.75) is 32.8 Å². The largest absolute Gasteiger partial charge is 0.497 e. The van der Waals surface area contributed by atoms with E-state index in [0.29, 0.717) is 36.6 Å². The van der Waals surface area contributed by atoms with E-state index in [2.05, 4.69) is 4.74 Å². The molecule has 0 heterocycles. The average Bonchev–Trinajstić information content (AvgIpc) is 2.65. The van der Waals surface area contributed by atoms with Gasteiger partial charge in [-0.15, -0.1) is 0 Å². The van der Waals surface area contributed by atoms with Gasteiger partial charge in [-0.25, -0.2) is 0 Å². The molecule has 26 heavy (non-hydrogen) atoms. The molecule has 7 heteroatoms. The van der Waals surface area contributed by atoms with E-state index in [9.17, 15) is 9.59 Å². The minimum atomic E-state index is -0.357. The molecule has 0 fully saturated rings. The fourth-order valence-corrected chi connectivity index (χ4v) is 2.33. The molecule has 1 aromatic carbocycles. The lowest BCUT2D eigenvalue weighted by Gasteiger charge is -2.23. The van der Waals surface area contributed by atoms with E-state index < -0.39 is 0 Å². The first-order valence-electron chi connectivity index (χ1n) is 8.62. The fraction of sp³-hybridized carbons (Fsp3) is 0.579. The molecule has 0 spiro atoms. The van der Waals surface area contributed by atoms with Crippen molar-refractivity contribution in [2.75, 3.05) is 41.0 Å². The van der Waals surface area contributed by atoms with Crippen LogP contribution in [0.1, 0.15) is 37.0 Å². The lowest BCUT2D eigenvalue weighted by molar-refractivity contribution is -0.140. The van der Waals surface area contributed by atoms with Crippen LogP contribution < -0.4 is 9.47 Å². The van der Waals surface area contributed by atoms with E-state index >= 15 is 0 Å². The van der Waals surface area contributed by atoms with E-state index in [0.717, 1.165) is 0 Å². The summed E-state index contributed by atoms with van der Waals surface area (Å²) in [4.78, 5) is 26.0. The Kier molecular flexibility index (Phi) is 9.51. The molecule has 0 N–H and O–H groups in total. The van der Waals surface area contributed by atoms with Gasteiger partial charge < -0.3 is 23.8 Å². The van der Waals surface area contributed by atoms with E-state index in [-0.39, 0.29) is 30.9 Å². The number of esters is 1. The first kappa shape index (κ1) is 21.8. The lowest BCUT2D eigenvalue weighted by Crippen LogP contribution is -2.34. The van der Waals surface area contributed by atoms with Gasteiger partial charge in [-0.1, -0.05) is 0 Å². The Hall–Kier alpha value is -2.28. The van der Waals surface area contributed by atoms with Crippen molar-refractivity contribution in [1.29, 1.82) is 0 Å². The summed E-state index contributed by atoms with van der Waals surface area (Å²) in [5.74, 6) is 0.507. The van der Waals surface area contributed by atoms with Crippen molar-refractivity contribution in [3.8, 4) is 11.5 Å². The summed E-state index contributed by atoms with van der Waals surface area (Å²) in [5, 5.41) is 0. The smallest absolute Gasteiger partial charge is 0.307 e. The third kappa shape index (κ3) is 7.31. The van der Waals surface area contributed by atoms with Gasteiger partial charge in [-0.3, -0.25) is 9.59 Å². The number of amides is 1. The summed E-state index contributed by atoms with van der Waals surface area (Å²) in [5.41, 5.74) is 0.441. The predicted molar refractivity (Wildman–Crippen MR) is 97.8 cm³/mol. The Morgan fingerprint density at radius 1 is 1.00 bits per heavy atom. The molecular formula is C19H29NO6. The molecule has 1 aromatic rings. The number of ether oxygens (including phenoxy) is 4. The molecule has 0 aliphatic carbocycles. The fourth-order valence-electron chi connectivity index (χ4n) is 2.33. The second-order valence-corrected chi connectivity index (χ2v) is 5.99. The number of hydrogen-bond donors (Lipinski definition) is 0. The summed E-state index contributed by atoms with van der Waals surface area (Å²) >= 11 is 0. The number of rotatable bonds is 11. The SMILES string of the molecule is COC(=O)CCN(CCCOC(C)C)C(=O)c1cc(OC)cc(OC)c1. The van der Waals surface area contributed by atoms with Crippen LogP contribution in [0.3, 0.4) is 0 Å². The van der Waals surface area contributed by atoms with Gasteiger partial charge in [0, 0.05) is 31.3 Å². The number of methoxy groups -OCH3 is 3. The van der Waals surface area contributed by atoms with E-state index in [1.54, 1.807) is 23.1 Å². The molecule has 146 valence electrons. The molecular weight excluding hydrogens is 338 g/mol. The topological polar surface area (TPSA) is 74.3 Å². The third-order valence-corrected chi connectivity index (χ3v) is 3.72. The van der Waals surface area contributed by atoms with Crippen molar-refractivity contribution in [1.82, 2.24) is 4.90 Å². The van der Waals surface area contributed by atoms with Crippen LogP contribution in [-0.2, 0) is 14.3 Å². The van der Waals surface area contributed by atoms with Crippen molar-refractivity contribution in [3.05, 3.63) is 23.8 Å². The predicted octanol–water partition coefficient (Wildman–Crippen LogP) is 2.52.